The molecule has 5 heteroatoms. The summed E-state index contributed by atoms with van der Waals surface area (Å²) >= 11 is 0. The maximum atomic E-state index is 13.2. The van der Waals surface area contributed by atoms with E-state index in [1.165, 1.54) is 6.07 Å². The molecule has 1 N–H and O–H groups in total. The fourth-order valence-electron chi connectivity index (χ4n) is 1.77. The molecule has 3 nitrogen and oxygen atoms in total. The molecular formula is C14H15F2N3. The lowest BCUT2D eigenvalue weighted by atomic mass is 10.2. The first-order valence-electron chi connectivity index (χ1n) is 6.15. The smallest absolute Gasteiger partial charge is 0.161 e. The van der Waals surface area contributed by atoms with Crippen molar-refractivity contribution in [3.05, 3.63) is 41.6 Å². The van der Waals surface area contributed by atoms with E-state index in [4.69, 9.17) is 0 Å². The van der Waals surface area contributed by atoms with Crippen LogP contribution in [0.1, 0.15) is 19.0 Å². The van der Waals surface area contributed by atoms with Crippen molar-refractivity contribution in [1.82, 2.24) is 9.97 Å². The van der Waals surface area contributed by atoms with E-state index in [2.05, 4.69) is 22.2 Å². The molecule has 0 bridgehead atoms. The van der Waals surface area contributed by atoms with E-state index in [0.29, 0.717) is 17.2 Å². The standard InChI is InChI=1S/C14H15F2N3/c1-3-4-10-8-13(17-2)19-14(18-10)9-5-6-11(15)12(16)7-9/h5-8H,3-4H2,1-2H3,(H,17,18,19). The molecule has 1 aromatic heterocycles. The number of rotatable bonds is 4. The highest BCUT2D eigenvalue weighted by Crippen LogP contribution is 2.20. The normalized spacial score (nSPS) is 10.5. The topological polar surface area (TPSA) is 37.8 Å². The molecule has 0 amide bonds. The summed E-state index contributed by atoms with van der Waals surface area (Å²) in [5, 5.41) is 2.94. The van der Waals surface area contributed by atoms with Crippen LogP contribution in [0.5, 0.6) is 0 Å². The van der Waals surface area contributed by atoms with Crippen molar-refractivity contribution in [2.24, 2.45) is 0 Å². The first kappa shape index (κ1) is 13.4. The number of nitrogens with one attached hydrogen (secondary N) is 1. The molecule has 0 saturated heterocycles. The molecule has 0 aliphatic heterocycles. The maximum Gasteiger partial charge on any atom is 0.161 e. The zero-order chi connectivity index (χ0) is 13.8. The molecule has 0 aliphatic carbocycles. The number of halogens is 2. The van der Waals surface area contributed by atoms with E-state index in [1.807, 2.05) is 6.07 Å². The van der Waals surface area contributed by atoms with Crippen LogP contribution in [-0.2, 0) is 6.42 Å². The molecule has 2 rings (SSSR count). The Morgan fingerprint density at radius 2 is 1.89 bits per heavy atom. The van der Waals surface area contributed by atoms with Gasteiger partial charge in [0.05, 0.1) is 0 Å². The summed E-state index contributed by atoms with van der Waals surface area (Å²) in [6.07, 6.45) is 1.77. The number of benzene rings is 1. The van der Waals surface area contributed by atoms with Gasteiger partial charge in [-0.05, 0) is 24.6 Å². The molecule has 100 valence electrons. The van der Waals surface area contributed by atoms with Crippen LogP contribution in [0.15, 0.2) is 24.3 Å². The van der Waals surface area contributed by atoms with E-state index >= 15 is 0 Å². The summed E-state index contributed by atoms with van der Waals surface area (Å²) in [5.41, 5.74) is 1.34. The van der Waals surface area contributed by atoms with Crippen LogP contribution in [0.4, 0.5) is 14.6 Å². The first-order valence-corrected chi connectivity index (χ1v) is 6.15. The van der Waals surface area contributed by atoms with Crippen LogP contribution in [-0.4, -0.2) is 17.0 Å². The highest BCUT2D eigenvalue weighted by Gasteiger charge is 2.09. The Kier molecular flexibility index (Phi) is 4.04. The van der Waals surface area contributed by atoms with Gasteiger partial charge in [0.2, 0.25) is 0 Å². The van der Waals surface area contributed by atoms with Crippen molar-refractivity contribution in [3.63, 3.8) is 0 Å². The summed E-state index contributed by atoms with van der Waals surface area (Å²) < 4.78 is 26.2. The second-order valence-corrected chi connectivity index (χ2v) is 4.20. The fraction of sp³-hybridized carbons (Fsp3) is 0.286. The highest BCUT2D eigenvalue weighted by molar-refractivity contribution is 5.57. The first-order chi connectivity index (χ1) is 9.13. The number of aryl methyl sites for hydroxylation is 1. The number of anilines is 1. The molecule has 0 saturated carbocycles. The van der Waals surface area contributed by atoms with E-state index in [1.54, 1.807) is 7.05 Å². The molecule has 19 heavy (non-hydrogen) atoms. The molecule has 0 unspecified atom stereocenters. The number of aromatic nitrogens is 2. The van der Waals surface area contributed by atoms with Crippen LogP contribution in [0.25, 0.3) is 11.4 Å². The van der Waals surface area contributed by atoms with E-state index in [0.717, 1.165) is 30.7 Å². The summed E-state index contributed by atoms with van der Waals surface area (Å²) in [6, 6.07) is 5.52. The largest absolute Gasteiger partial charge is 0.373 e. The Morgan fingerprint density at radius 3 is 2.53 bits per heavy atom. The van der Waals surface area contributed by atoms with E-state index in [9.17, 15) is 8.78 Å². The molecule has 0 fully saturated rings. The molecule has 1 aromatic carbocycles. The third kappa shape index (κ3) is 3.05. The van der Waals surface area contributed by atoms with Crippen LogP contribution in [0.3, 0.4) is 0 Å². The molecule has 0 aliphatic rings. The Balaban J connectivity index is 2.47. The number of hydrogen-bond acceptors (Lipinski definition) is 3. The summed E-state index contributed by atoms with van der Waals surface area (Å²) in [6.45, 7) is 2.05. The van der Waals surface area contributed by atoms with Gasteiger partial charge in [-0.2, -0.15) is 0 Å². The molecule has 0 radical (unpaired) electrons. The van der Waals surface area contributed by atoms with Gasteiger partial charge in [0, 0.05) is 24.4 Å². The summed E-state index contributed by atoms with van der Waals surface area (Å²) in [4.78, 5) is 8.64. The summed E-state index contributed by atoms with van der Waals surface area (Å²) in [7, 11) is 1.76. The van der Waals surface area contributed by atoms with Gasteiger partial charge < -0.3 is 5.32 Å². The average Bonchev–Trinajstić information content (AvgIpc) is 2.42. The maximum absolute atomic E-state index is 13.2. The predicted molar refractivity (Wildman–Crippen MR) is 70.9 cm³/mol. The lowest BCUT2D eigenvalue weighted by Gasteiger charge is -2.07. The Morgan fingerprint density at radius 1 is 1.11 bits per heavy atom. The van der Waals surface area contributed by atoms with Crippen LogP contribution in [0, 0.1) is 11.6 Å². The van der Waals surface area contributed by atoms with Crippen LogP contribution < -0.4 is 5.32 Å². The van der Waals surface area contributed by atoms with Crippen molar-refractivity contribution in [2.45, 2.75) is 19.8 Å². The van der Waals surface area contributed by atoms with Gasteiger partial charge in [-0.3, -0.25) is 0 Å². The Labute approximate surface area is 110 Å². The van der Waals surface area contributed by atoms with Crippen LogP contribution in [0.2, 0.25) is 0 Å². The zero-order valence-corrected chi connectivity index (χ0v) is 10.9. The van der Waals surface area contributed by atoms with Gasteiger partial charge >= 0.3 is 0 Å². The minimum absolute atomic E-state index is 0.397. The van der Waals surface area contributed by atoms with Crippen molar-refractivity contribution in [1.29, 1.82) is 0 Å². The zero-order valence-electron chi connectivity index (χ0n) is 10.9. The van der Waals surface area contributed by atoms with Gasteiger partial charge in [0.1, 0.15) is 5.82 Å². The quantitative estimate of drug-likeness (QED) is 0.918. The van der Waals surface area contributed by atoms with Gasteiger partial charge in [-0.15, -0.1) is 0 Å². The van der Waals surface area contributed by atoms with Gasteiger partial charge in [-0.1, -0.05) is 13.3 Å². The van der Waals surface area contributed by atoms with Gasteiger partial charge in [0.25, 0.3) is 0 Å². The molecule has 0 atom stereocenters. The third-order valence-corrected chi connectivity index (χ3v) is 2.72. The van der Waals surface area contributed by atoms with Crippen molar-refractivity contribution >= 4 is 5.82 Å². The van der Waals surface area contributed by atoms with Gasteiger partial charge in [-0.25, -0.2) is 18.7 Å². The number of nitrogens with zero attached hydrogens (tertiary/aromatic N) is 2. The lowest BCUT2D eigenvalue weighted by molar-refractivity contribution is 0.509. The van der Waals surface area contributed by atoms with E-state index in [-0.39, 0.29) is 0 Å². The Hall–Kier alpha value is -2.04. The highest BCUT2D eigenvalue weighted by atomic mass is 19.2. The third-order valence-electron chi connectivity index (χ3n) is 2.72. The lowest BCUT2D eigenvalue weighted by Crippen LogP contribution is -2.01. The minimum Gasteiger partial charge on any atom is -0.373 e. The van der Waals surface area contributed by atoms with Crippen molar-refractivity contribution < 1.29 is 8.78 Å². The van der Waals surface area contributed by atoms with E-state index < -0.39 is 11.6 Å². The van der Waals surface area contributed by atoms with Crippen molar-refractivity contribution in [2.75, 3.05) is 12.4 Å². The van der Waals surface area contributed by atoms with Crippen molar-refractivity contribution in [3.8, 4) is 11.4 Å². The molecule has 0 spiro atoms. The molecular weight excluding hydrogens is 248 g/mol. The monoisotopic (exact) mass is 263 g/mol. The predicted octanol–water partition coefficient (Wildman–Crippen LogP) is 3.42. The van der Waals surface area contributed by atoms with Gasteiger partial charge in [0.15, 0.2) is 17.5 Å². The summed E-state index contributed by atoms with van der Waals surface area (Å²) in [5.74, 6) is -0.706. The second-order valence-electron chi connectivity index (χ2n) is 4.20. The molecule has 2 aromatic rings. The second kappa shape index (κ2) is 5.73. The van der Waals surface area contributed by atoms with Crippen LogP contribution >= 0.6 is 0 Å². The SMILES string of the molecule is CCCc1cc(NC)nc(-c2ccc(F)c(F)c2)n1. The minimum atomic E-state index is -0.895. The average molecular weight is 263 g/mol. The molecule has 1 heterocycles. The number of hydrogen-bond donors (Lipinski definition) is 1. The Bertz CT molecular complexity index is 585. The fourth-order valence-corrected chi connectivity index (χ4v) is 1.77.